The highest BCUT2D eigenvalue weighted by molar-refractivity contribution is 7.81. The van der Waals surface area contributed by atoms with E-state index in [9.17, 15) is 13.8 Å². The van der Waals surface area contributed by atoms with Crippen molar-refractivity contribution in [2.75, 3.05) is 6.61 Å². The van der Waals surface area contributed by atoms with Crippen molar-refractivity contribution in [2.24, 2.45) is 0 Å². The molecular weight excluding hydrogens is 234 g/mol. The van der Waals surface area contributed by atoms with Gasteiger partial charge in [0.15, 0.2) is 0 Å². The van der Waals surface area contributed by atoms with E-state index in [1.54, 1.807) is 6.92 Å². The molecule has 0 bridgehead atoms. The third kappa shape index (κ3) is 6.39. The van der Waals surface area contributed by atoms with Gasteiger partial charge in [-0.2, -0.15) is 0 Å². The number of hydrogen-bond donors (Lipinski definition) is 1. The highest BCUT2D eigenvalue weighted by Gasteiger charge is 2.18. The summed E-state index contributed by atoms with van der Waals surface area (Å²) < 4.78 is 20.6. The minimum Gasteiger partial charge on any atom is -0.450 e. The Morgan fingerprint density at radius 1 is 1.38 bits per heavy atom. The average Bonchev–Trinajstić information content (AvgIpc) is 2.17. The molecule has 1 N–H and O–H groups in total. The number of ether oxygens (including phenoxy) is 1. The summed E-state index contributed by atoms with van der Waals surface area (Å²) in [6.45, 7) is 5.15. The number of hydrogen-bond acceptors (Lipinski definition) is 5. The van der Waals surface area contributed by atoms with Crippen LogP contribution in [0.4, 0.5) is 4.79 Å². The highest BCUT2D eigenvalue weighted by Crippen LogP contribution is 1.99. The largest absolute Gasteiger partial charge is 0.450 e. The minimum atomic E-state index is -1.88. The Morgan fingerprint density at radius 3 is 2.50 bits per heavy atom. The smallest absolute Gasteiger partial charge is 0.408 e. The monoisotopic (exact) mass is 251 g/mol. The lowest BCUT2D eigenvalue weighted by atomic mass is 10.4. The Kier molecular flexibility index (Phi) is 7.53. The first-order chi connectivity index (χ1) is 7.51. The maximum Gasteiger partial charge on any atom is 0.408 e. The van der Waals surface area contributed by atoms with Gasteiger partial charge >= 0.3 is 12.1 Å². The first kappa shape index (κ1) is 14.9. The quantitative estimate of drug-likeness (QED) is 0.764. The normalized spacial score (nSPS) is 13.7. The topological polar surface area (TPSA) is 81.7 Å². The molecule has 94 valence electrons. The summed E-state index contributed by atoms with van der Waals surface area (Å²) in [6.07, 6.45) is 0.142. The van der Waals surface area contributed by atoms with E-state index in [0.29, 0.717) is 6.42 Å². The molecule has 0 saturated heterocycles. The van der Waals surface area contributed by atoms with Crippen LogP contribution in [0, 0.1) is 0 Å². The van der Waals surface area contributed by atoms with E-state index < -0.39 is 28.5 Å². The summed E-state index contributed by atoms with van der Waals surface area (Å²) in [6, 6.07) is 0. The van der Waals surface area contributed by atoms with Crippen molar-refractivity contribution in [3.8, 4) is 0 Å². The SMILES string of the molecule is CCCC(=O)OS(=O)C(C)NC(=O)OCC. The van der Waals surface area contributed by atoms with Crippen molar-refractivity contribution in [1.82, 2.24) is 5.32 Å². The molecule has 0 aliphatic heterocycles. The van der Waals surface area contributed by atoms with Gasteiger partial charge in [-0.3, -0.25) is 4.79 Å². The Bertz CT molecular complexity index is 269. The molecule has 16 heavy (non-hydrogen) atoms. The van der Waals surface area contributed by atoms with Crippen molar-refractivity contribution in [2.45, 2.75) is 39.0 Å². The summed E-state index contributed by atoms with van der Waals surface area (Å²) in [5.41, 5.74) is 0. The molecule has 0 radical (unpaired) electrons. The van der Waals surface area contributed by atoms with Gasteiger partial charge in [-0.05, 0) is 20.3 Å². The number of rotatable bonds is 6. The van der Waals surface area contributed by atoms with Crippen LogP contribution in [0.5, 0.6) is 0 Å². The third-order valence-electron chi connectivity index (χ3n) is 1.51. The first-order valence-electron chi connectivity index (χ1n) is 5.06. The zero-order chi connectivity index (χ0) is 12.6. The molecule has 0 fully saturated rings. The number of carbonyl (C=O) groups is 2. The zero-order valence-corrected chi connectivity index (χ0v) is 10.5. The second-order valence-corrected chi connectivity index (χ2v) is 4.37. The Hall–Kier alpha value is -1.11. The number of carbonyl (C=O) groups excluding carboxylic acids is 2. The molecule has 2 unspecified atom stereocenters. The summed E-state index contributed by atoms with van der Waals surface area (Å²) in [4.78, 5) is 22.0. The van der Waals surface area contributed by atoms with Gasteiger partial charge in [-0.1, -0.05) is 6.92 Å². The molecule has 0 aliphatic carbocycles. The fourth-order valence-corrected chi connectivity index (χ4v) is 1.40. The lowest BCUT2D eigenvalue weighted by Gasteiger charge is -2.12. The molecule has 0 aromatic rings. The van der Waals surface area contributed by atoms with Crippen LogP contribution in [0.25, 0.3) is 0 Å². The minimum absolute atomic E-state index is 0.206. The molecule has 2 atom stereocenters. The lowest BCUT2D eigenvalue weighted by molar-refractivity contribution is -0.133. The van der Waals surface area contributed by atoms with Crippen LogP contribution in [-0.2, 0) is 24.8 Å². The Labute approximate surface area is 97.3 Å². The van der Waals surface area contributed by atoms with Gasteiger partial charge in [0.25, 0.3) is 0 Å². The predicted octanol–water partition coefficient (Wildman–Crippen LogP) is 1.09. The van der Waals surface area contributed by atoms with Crippen LogP contribution in [0.3, 0.4) is 0 Å². The molecule has 0 aliphatic rings. The van der Waals surface area contributed by atoms with Crippen LogP contribution in [-0.4, -0.2) is 28.3 Å². The summed E-state index contributed by atoms with van der Waals surface area (Å²) in [5.74, 6) is -0.543. The number of alkyl carbamates (subject to hydrolysis) is 1. The summed E-state index contributed by atoms with van der Waals surface area (Å²) >= 11 is -1.88. The van der Waals surface area contributed by atoms with E-state index in [4.69, 9.17) is 0 Å². The maximum atomic E-state index is 11.4. The van der Waals surface area contributed by atoms with Gasteiger partial charge in [0.05, 0.1) is 6.61 Å². The van der Waals surface area contributed by atoms with E-state index in [-0.39, 0.29) is 13.0 Å². The zero-order valence-electron chi connectivity index (χ0n) is 9.65. The molecule has 0 rings (SSSR count). The molecule has 0 heterocycles. The van der Waals surface area contributed by atoms with Crippen LogP contribution < -0.4 is 5.32 Å². The molecular formula is C9H17NO5S. The standard InChI is InChI=1S/C9H17NO5S/c1-4-6-8(11)15-16(13)7(3)10-9(12)14-5-2/h7H,4-6H2,1-3H3,(H,10,12). The molecule has 0 aromatic heterocycles. The number of amides is 1. The van der Waals surface area contributed by atoms with E-state index in [2.05, 4.69) is 14.2 Å². The highest BCUT2D eigenvalue weighted by atomic mass is 32.2. The van der Waals surface area contributed by atoms with Gasteiger partial charge in [0.1, 0.15) is 5.37 Å². The molecule has 6 nitrogen and oxygen atoms in total. The van der Waals surface area contributed by atoms with Crippen LogP contribution in [0.15, 0.2) is 0 Å². The summed E-state index contributed by atoms with van der Waals surface area (Å²) in [5, 5.41) is 1.50. The Morgan fingerprint density at radius 2 is 2.00 bits per heavy atom. The maximum absolute atomic E-state index is 11.4. The molecule has 0 saturated carbocycles. The average molecular weight is 251 g/mol. The van der Waals surface area contributed by atoms with Crippen molar-refractivity contribution in [1.29, 1.82) is 0 Å². The molecule has 1 amide bonds. The number of nitrogens with one attached hydrogen (secondary N) is 1. The molecule has 0 spiro atoms. The van der Waals surface area contributed by atoms with E-state index >= 15 is 0 Å². The van der Waals surface area contributed by atoms with Gasteiger partial charge < -0.3 is 14.2 Å². The van der Waals surface area contributed by atoms with Crippen molar-refractivity contribution in [3.05, 3.63) is 0 Å². The van der Waals surface area contributed by atoms with E-state index in [0.717, 1.165) is 0 Å². The second kappa shape index (κ2) is 8.09. The van der Waals surface area contributed by atoms with E-state index in [1.807, 2.05) is 6.92 Å². The first-order valence-corrected chi connectivity index (χ1v) is 6.20. The molecule has 0 aromatic carbocycles. The van der Waals surface area contributed by atoms with Crippen LogP contribution in [0.1, 0.15) is 33.6 Å². The van der Waals surface area contributed by atoms with Crippen molar-refractivity contribution >= 4 is 23.1 Å². The van der Waals surface area contributed by atoms with Gasteiger partial charge in [0, 0.05) is 6.42 Å². The van der Waals surface area contributed by atoms with Gasteiger partial charge in [0.2, 0.25) is 11.1 Å². The summed E-state index contributed by atoms with van der Waals surface area (Å²) in [7, 11) is 0. The Balaban J connectivity index is 3.99. The van der Waals surface area contributed by atoms with Gasteiger partial charge in [-0.25, -0.2) is 9.00 Å². The molecule has 7 heteroatoms. The van der Waals surface area contributed by atoms with Crippen molar-refractivity contribution in [3.63, 3.8) is 0 Å². The van der Waals surface area contributed by atoms with Crippen molar-refractivity contribution < 1.29 is 22.7 Å². The van der Waals surface area contributed by atoms with E-state index in [1.165, 1.54) is 6.92 Å². The lowest BCUT2D eigenvalue weighted by Crippen LogP contribution is -2.37. The third-order valence-corrected chi connectivity index (χ3v) is 2.56. The fourth-order valence-electron chi connectivity index (χ4n) is 0.796. The van der Waals surface area contributed by atoms with Crippen LogP contribution in [0.2, 0.25) is 0 Å². The second-order valence-electron chi connectivity index (χ2n) is 2.97. The fraction of sp³-hybridized carbons (Fsp3) is 0.778. The van der Waals surface area contributed by atoms with Crippen LogP contribution >= 0.6 is 0 Å². The van der Waals surface area contributed by atoms with Gasteiger partial charge in [-0.15, -0.1) is 0 Å². The predicted molar refractivity (Wildman–Crippen MR) is 58.8 cm³/mol.